The van der Waals surface area contributed by atoms with Crippen molar-refractivity contribution < 1.29 is 48.0 Å². The van der Waals surface area contributed by atoms with Crippen molar-refractivity contribution in [3.8, 4) is 0 Å². The zero-order valence-corrected chi connectivity index (χ0v) is 25.1. The molecular formula is C29H28N6O10S. The van der Waals surface area contributed by atoms with E-state index in [1.165, 1.54) is 12.5 Å². The molecule has 2 aromatic carbocycles. The van der Waals surface area contributed by atoms with Gasteiger partial charge in [0.1, 0.15) is 26.0 Å². The fourth-order valence-electron chi connectivity index (χ4n) is 5.16. The number of carbonyl (C=O) groups excluding carboxylic acids is 5. The first-order chi connectivity index (χ1) is 22.1. The first-order valence-electron chi connectivity index (χ1n) is 13.7. The summed E-state index contributed by atoms with van der Waals surface area (Å²) in [5.41, 5.74) is 7.69. The number of oxime groups is 1. The second-order valence-electron chi connectivity index (χ2n) is 10.2. The number of amides is 3. The average molecular weight is 653 g/mol. The van der Waals surface area contributed by atoms with Crippen LogP contribution in [0.3, 0.4) is 0 Å². The number of rotatable bonds is 11. The van der Waals surface area contributed by atoms with Crippen LogP contribution in [-0.2, 0) is 43.2 Å². The first kappa shape index (κ1) is 31.9. The third kappa shape index (κ3) is 6.31. The number of nitrogens with one attached hydrogen (secondary N) is 1. The Morgan fingerprint density at radius 3 is 2.28 bits per heavy atom. The fraction of sp³-hybridized carbons (Fsp3) is 0.276. The molecule has 3 amide bonds. The number of benzene rings is 2. The number of primary amides is 1. The zero-order valence-electron chi connectivity index (χ0n) is 24.2. The van der Waals surface area contributed by atoms with E-state index < -0.39 is 60.1 Å². The van der Waals surface area contributed by atoms with Crippen LogP contribution in [0, 0.1) is 0 Å². The molecule has 1 aromatic heterocycles. The van der Waals surface area contributed by atoms with Gasteiger partial charge in [-0.3, -0.25) is 14.4 Å². The van der Waals surface area contributed by atoms with Gasteiger partial charge >= 0.3 is 23.9 Å². The molecule has 16 nitrogen and oxygen atoms in total. The van der Waals surface area contributed by atoms with E-state index in [-0.39, 0.29) is 34.6 Å². The maximum atomic E-state index is 14.1. The van der Waals surface area contributed by atoms with Crippen LogP contribution in [0.5, 0.6) is 0 Å². The molecule has 2 saturated heterocycles. The highest BCUT2D eigenvalue weighted by Gasteiger charge is 2.59. The minimum absolute atomic E-state index is 0.0281. The molecule has 3 aromatic rings. The highest BCUT2D eigenvalue weighted by Crippen LogP contribution is 2.45. The average Bonchev–Trinajstić information content (AvgIpc) is 3.74. The van der Waals surface area contributed by atoms with E-state index in [1.807, 2.05) is 0 Å². The molecule has 0 bridgehead atoms. The molecule has 0 saturated carbocycles. The number of cyclic esters (lactones) is 1. The number of thiazole rings is 1. The van der Waals surface area contributed by atoms with E-state index in [9.17, 15) is 24.0 Å². The van der Waals surface area contributed by atoms with Crippen LogP contribution in [0.15, 0.2) is 71.2 Å². The molecule has 2 atom stereocenters. The lowest BCUT2D eigenvalue weighted by atomic mass is 9.76. The van der Waals surface area contributed by atoms with Crippen molar-refractivity contribution in [3.05, 3.63) is 82.9 Å². The smallest absolute Gasteiger partial charge is 0.404 e. The molecule has 17 heteroatoms. The third-order valence-corrected chi connectivity index (χ3v) is 7.89. The van der Waals surface area contributed by atoms with Crippen molar-refractivity contribution in [1.29, 1.82) is 0 Å². The lowest BCUT2D eigenvalue weighted by Gasteiger charge is -2.35. The van der Waals surface area contributed by atoms with E-state index >= 15 is 0 Å². The molecule has 0 spiro atoms. The number of aromatic nitrogens is 1. The number of ether oxygens (including phenoxy) is 2. The van der Waals surface area contributed by atoms with Crippen molar-refractivity contribution >= 4 is 52.0 Å². The molecule has 5 N–H and O–H groups in total. The highest BCUT2D eigenvalue weighted by molar-refractivity contribution is 7.13. The summed E-state index contributed by atoms with van der Waals surface area (Å²) in [4.78, 5) is 84.9. The van der Waals surface area contributed by atoms with E-state index in [1.54, 1.807) is 60.7 Å². The van der Waals surface area contributed by atoms with Crippen molar-refractivity contribution in [2.75, 3.05) is 26.1 Å². The van der Waals surface area contributed by atoms with Gasteiger partial charge < -0.3 is 35.9 Å². The summed E-state index contributed by atoms with van der Waals surface area (Å²) in [5, 5.41) is 7.87. The molecular weight excluding hydrogens is 624 g/mol. The Balaban J connectivity index is 1.45. The highest BCUT2D eigenvalue weighted by atomic mass is 32.1. The number of esters is 1. The Labute approximate surface area is 265 Å². The van der Waals surface area contributed by atoms with Gasteiger partial charge in [0.15, 0.2) is 16.4 Å². The Bertz CT molecular complexity index is 1630. The lowest BCUT2D eigenvalue weighted by Crippen LogP contribution is -2.61. The normalized spacial score (nSPS) is 21.2. The van der Waals surface area contributed by atoms with Crippen molar-refractivity contribution in [1.82, 2.24) is 15.5 Å². The Morgan fingerprint density at radius 2 is 1.76 bits per heavy atom. The summed E-state index contributed by atoms with van der Waals surface area (Å²) < 4.78 is 10.6. The summed E-state index contributed by atoms with van der Waals surface area (Å²) in [6.07, 6.45) is -1.45. The van der Waals surface area contributed by atoms with Crippen molar-refractivity contribution in [2.45, 2.75) is 29.9 Å². The minimum Gasteiger partial charge on any atom is -0.447 e. The molecule has 5 rings (SSSR count). The van der Waals surface area contributed by atoms with Gasteiger partial charge in [-0.15, -0.1) is 11.3 Å². The van der Waals surface area contributed by atoms with Crippen LogP contribution in [-0.4, -0.2) is 77.2 Å². The van der Waals surface area contributed by atoms with Crippen LogP contribution in [0.25, 0.3) is 0 Å². The summed E-state index contributed by atoms with van der Waals surface area (Å²) in [7, 11) is 1.18. The Kier molecular flexibility index (Phi) is 9.15. The van der Waals surface area contributed by atoms with Gasteiger partial charge in [0.2, 0.25) is 5.60 Å². The molecule has 2 unspecified atom stereocenters. The Hall–Kier alpha value is -5.55. The standard InChI is InChI=1S/C29H28N6O10S/c1-41-34-22(19-14-46-26(30)32-19)23(37)33-28(15-42-27(31)40)16-43-35(24(28)38)45-25(39)29(13-12-20(36)44-29)21(17-8-4-2-5-9-17)18-10-6-3-7-11-18/h2-11,14,21H,12-13,15-16H2,1H3,(H2,30,32)(H2,31,40)(H,33,37). The van der Waals surface area contributed by atoms with Crippen LogP contribution in [0.2, 0.25) is 0 Å². The molecule has 2 fully saturated rings. The Morgan fingerprint density at radius 1 is 1.11 bits per heavy atom. The SMILES string of the molecule is CON=C(C(=O)NC1(COC(N)=O)CON(OC(=O)C2(C(c3ccccc3)c3ccccc3)CCC(=O)O2)C1=O)c1csc(N)n1. The van der Waals surface area contributed by atoms with Gasteiger partial charge in [0.25, 0.3) is 5.91 Å². The van der Waals surface area contributed by atoms with Gasteiger partial charge in [-0.25, -0.2) is 19.4 Å². The van der Waals surface area contributed by atoms with Gasteiger partial charge in [-0.05, 0) is 16.4 Å². The topological polar surface area (TPSA) is 224 Å². The second-order valence-corrected chi connectivity index (χ2v) is 11.1. The van der Waals surface area contributed by atoms with Crippen LogP contribution < -0.4 is 16.8 Å². The molecule has 0 aliphatic carbocycles. The number of nitrogen functional groups attached to an aromatic ring is 1. The maximum absolute atomic E-state index is 14.1. The number of carbonyl (C=O) groups is 5. The summed E-state index contributed by atoms with van der Waals surface area (Å²) in [5.74, 6) is -4.76. The summed E-state index contributed by atoms with van der Waals surface area (Å²) in [6, 6.07) is 17.7. The number of nitrogens with two attached hydrogens (primary N) is 2. The summed E-state index contributed by atoms with van der Waals surface area (Å²) in [6.45, 7) is -1.50. The van der Waals surface area contributed by atoms with Crippen molar-refractivity contribution in [3.63, 3.8) is 0 Å². The minimum atomic E-state index is -2.15. The largest absolute Gasteiger partial charge is 0.447 e. The van der Waals surface area contributed by atoms with E-state index in [4.69, 9.17) is 35.5 Å². The molecule has 46 heavy (non-hydrogen) atoms. The second kappa shape index (κ2) is 13.2. The quantitative estimate of drug-likeness (QED) is 0.151. The number of anilines is 1. The fourth-order valence-corrected chi connectivity index (χ4v) is 5.70. The van der Waals surface area contributed by atoms with E-state index in [2.05, 4.69) is 15.5 Å². The van der Waals surface area contributed by atoms with Crippen LogP contribution >= 0.6 is 11.3 Å². The maximum Gasteiger partial charge on any atom is 0.404 e. The van der Waals surface area contributed by atoms with E-state index in [0.717, 1.165) is 11.3 Å². The number of nitrogens with zero attached hydrogens (tertiary/aromatic N) is 3. The number of hydrogen-bond acceptors (Lipinski definition) is 14. The van der Waals surface area contributed by atoms with Crippen LogP contribution in [0.4, 0.5) is 9.93 Å². The van der Waals surface area contributed by atoms with Crippen LogP contribution in [0.1, 0.15) is 35.6 Å². The van der Waals surface area contributed by atoms with Gasteiger partial charge in [0, 0.05) is 18.2 Å². The molecule has 0 radical (unpaired) electrons. The number of hydroxylamine groups is 2. The monoisotopic (exact) mass is 652 g/mol. The van der Waals surface area contributed by atoms with Crippen molar-refractivity contribution in [2.24, 2.45) is 10.9 Å². The van der Waals surface area contributed by atoms with Gasteiger partial charge in [-0.2, -0.15) is 0 Å². The van der Waals surface area contributed by atoms with E-state index in [0.29, 0.717) is 11.1 Å². The molecule has 2 aliphatic rings. The first-order valence-corrected chi connectivity index (χ1v) is 14.6. The lowest BCUT2D eigenvalue weighted by molar-refractivity contribution is -0.310. The van der Waals surface area contributed by atoms with Gasteiger partial charge in [0.05, 0.1) is 5.92 Å². The predicted octanol–water partition coefficient (Wildman–Crippen LogP) is 1.17. The third-order valence-electron chi connectivity index (χ3n) is 7.22. The van der Waals surface area contributed by atoms with Gasteiger partial charge in [-0.1, -0.05) is 65.8 Å². The predicted molar refractivity (Wildman–Crippen MR) is 158 cm³/mol. The molecule has 2 aliphatic heterocycles. The summed E-state index contributed by atoms with van der Waals surface area (Å²) >= 11 is 1.02. The molecule has 240 valence electrons. The number of hydrogen-bond donors (Lipinski definition) is 3. The zero-order chi connectivity index (χ0) is 32.9. The molecule has 3 heterocycles.